The Bertz CT molecular complexity index is 813. The van der Waals surface area contributed by atoms with Crippen molar-refractivity contribution >= 4 is 40.0 Å². The van der Waals surface area contributed by atoms with Crippen LogP contribution in [0, 0.1) is 5.92 Å². The molecule has 140 valence electrons. The van der Waals surface area contributed by atoms with Crippen molar-refractivity contribution in [3.8, 4) is 0 Å². The number of nitrogens with one attached hydrogen (secondary N) is 1. The number of thiophene rings is 1. The first-order chi connectivity index (χ1) is 12.5. The molecule has 2 aromatic heterocycles. The molecule has 1 aliphatic carbocycles. The van der Waals surface area contributed by atoms with Gasteiger partial charge in [0, 0.05) is 24.3 Å². The molecule has 2 aromatic rings. The first kappa shape index (κ1) is 19.0. The van der Waals surface area contributed by atoms with Crippen molar-refractivity contribution in [2.75, 3.05) is 17.7 Å². The number of carbonyl (C=O) groups excluding carboxylic acids is 2. The largest absolute Gasteiger partial charge is 0.462 e. The number of ether oxygens (including phenoxy) is 1. The van der Waals surface area contributed by atoms with Gasteiger partial charge in [0.1, 0.15) is 5.00 Å². The molecule has 0 unspecified atom stereocenters. The third-order valence-electron chi connectivity index (χ3n) is 4.35. The predicted octanol–water partition coefficient (Wildman–Crippen LogP) is 3.51. The van der Waals surface area contributed by atoms with Crippen LogP contribution in [0.2, 0.25) is 0 Å². The van der Waals surface area contributed by atoms with E-state index in [1.165, 1.54) is 28.0 Å². The average molecular weight is 394 g/mol. The summed E-state index contributed by atoms with van der Waals surface area (Å²) in [7, 11) is 1.89. The highest BCUT2D eigenvalue weighted by Crippen LogP contribution is 2.40. The van der Waals surface area contributed by atoms with Crippen LogP contribution in [0.5, 0.6) is 0 Å². The summed E-state index contributed by atoms with van der Waals surface area (Å²) >= 11 is 2.88. The molecule has 0 spiro atoms. The number of aromatic nitrogens is 2. The minimum absolute atomic E-state index is 0.143. The van der Waals surface area contributed by atoms with Crippen molar-refractivity contribution in [1.29, 1.82) is 0 Å². The van der Waals surface area contributed by atoms with Crippen LogP contribution in [0.3, 0.4) is 0 Å². The molecule has 1 atom stereocenters. The van der Waals surface area contributed by atoms with E-state index in [9.17, 15) is 9.59 Å². The first-order valence-corrected chi connectivity index (χ1v) is 10.5. The van der Waals surface area contributed by atoms with Crippen LogP contribution >= 0.6 is 23.1 Å². The number of aryl methyl sites for hydroxylation is 1. The van der Waals surface area contributed by atoms with E-state index in [2.05, 4.69) is 17.2 Å². The second-order valence-corrected chi connectivity index (χ2v) is 8.48. The molecule has 0 fully saturated rings. The molecule has 1 aliphatic rings. The summed E-state index contributed by atoms with van der Waals surface area (Å²) in [4.78, 5) is 30.3. The van der Waals surface area contributed by atoms with Crippen LogP contribution in [-0.2, 0) is 29.4 Å². The topological polar surface area (TPSA) is 73.2 Å². The van der Waals surface area contributed by atoms with E-state index in [-0.39, 0.29) is 17.6 Å². The highest BCUT2D eigenvalue weighted by molar-refractivity contribution is 7.99. The minimum Gasteiger partial charge on any atom is -0.462 e. The molecule has 1 amide bonds. The Balaban J connectivity index is 1.76. The van der Waals surface area contributed by atoms with E-state index in [0.717, 1.165) is 30.0 Å². The molecule has 0 bridgehead atoms. The van der Waals surface area contributed by atoms with Crippen LogP contribution in [0.1, 0.15) is 41.1 Å². The van der Waals surface area contributed by atoms with Crippen LogP contribution in [-0.4, -0.2) is 33.8 Å². The van der Waals surface area contributed by atoms with Crippen molar-refractivity contribution in [3.05, 3.63) is 28.4 Å². The number of nitrogens with zero attached hydrogens (tertiary/aromatic N) is 2. The van der Waals surface area contributed by atoms with Gasteiger partial charge in [-0.2, -0.15) is 0 Å². The third kappa shape index (κ3) is 4.12. The van der Waals surface area contributed by atoms with E-state index in [1.54, 1.807) is 13.1 Å². The minimum atomic E-state index is -0.341. The number of hydrogen-bond donors (Lipinski definition) is 1. The number of rotatable bonds is 6. The number of esters is 1. The lowest BCUT2D eigenvalue weighted by atomic mass is 9.88. The highest BCUT2D eigenvalue weighted by Gasteiger charge is 2.29. The zero-order chi connectivity index (χ0) is 18.7. The molecule has 0 aromatic carbocycles. The maximum atomic E-state index is 12.5. The van der Waals surface area contributed by atoms with Crippen molar-refractivity contribution in [2.45, 2.75) is 38.3 Å². The number of thioether (sulfide) groups is 1. The SMILES string of the molecule is CCOC(=O)c1c(NC(=O)CSc2nccn2C)sc2c1CC[C@H](C)C2. The Morgan fingerprint density at radius 1 is 1.50 bits per heavy atom. The molecule has 6 nitrogen and oxygen atoms in total. The summed E-state index contributed by atoms with van der Waals surface area (Å²) in [5, 5.41) is 4.33. The number of carbonyl (C=O) groups is 2. The fourth-order valence-electron chi connectivity index (χ4n) is 3.04. The Kier molecular flexibility index (Phi) is 6.03. The van der Waals surface area contributed by atoms with Crippen LogP contribution < -0.4 is 5.32 Å². The Morgan fingerprint density at radius 2 is 2.31 bits per heavy atom. The van der Waals surface area contributed by atoms with Gasteiger partial charge in [-0.1, -0.05) is 18.7 Å². The highest BCUT2D eigenvalue weighted by atomic mass is 32.2. The summed E-state index contributed by atoms with van der Waals surface area (Å²) in [5.74, 6) is 0.354. The lowest BCUT2D eigenvalue weighted by molar-refractivity contribution is -0.113. The Labute approximate surface area is 161 Å². The predicted molar refractivity (Wildman–Crippen MR) is 104 cm³/mol. The summed E-state index contributed by atoms with van der Waals surface area (Å²) in [6.45, 7) is 4.33. The number of hydrogen-bond acceptors (Lipinski definition) is 6. The van der Waals surface area contributed by atoms with E-state index in [4.69, 9.17) is 4.74 Å². The first-order valence-electron chi connectivity index (χ1n) is 8.71. The molecule has 0 saturated carbocycles. The quantitative estimate of drug-likeness (QED) is 0.600. The second-order valence-electron chi connectivity index (χ2n) is 6.43. The maximum absolute atomic E-state index is 12.5. The van der Waals surface area contributed by atoms with Gasteiger partial charge in [0.25, 0.3) is 0 Å². The van der Waals surface area contributed by atoms with Crippen LogP contribution in [0.4, 0.5) is 5.00 Å². The second kappa shape index (κ2) is 8.26. The van der Waals surface area contributed by atoms with Crippen molar-refractivity contribution in [3.63, 3.8) is 0 Å². The molecule has 0 aliphatic heterocycles. The molecule has 8 heteroatoms. The number of fused-ring (bicyclic) bond motifs is 1. The molecular weight excluding hydrogens is 370 g/mol. The Hall–Kier alpha value is -1.80. The lowest BCUT2D eigenvalue weighted by Gasteiger charge is -2.18. The summed E-state index contributed by atoms with van der Waals surface area (Å²) in [6, 6.07) is 0. The average Bonchev–Trinajstić information content (AvgIpc) is 3.15. The van der Waals surface area contributed by atoms with Gasteiger partial charge in [0.2, 0.25) is 5.91 Å². The van der Waals surface area contributed by atoms with Gasteiger partial charge in [0.05, 0.1) is 17.9 Å². The number of anilines is 1. The number of amides is 1. The summed E-state index contributed by atoms with van der Waals surface area (Å²) in [5.41, 5.74) is 1.60. The maximum Gasteiger partial charge on any atom is 0.341 e. The van der Waals surface area contributed by atoms with Gasteiger partial charge in [0.15, 0.2) is 5.16 Å². The van der Waals surface area contributed by atoms with Crippen LogP contribution in [0.25, 0.3) is 0 Å². The summed E-state index contributed by atoms with van der Waals surface area (Å²) < 4.78 is 7.10. The molecule has 1 N–H and O–H groups in total. The lowest BCUT2D eigenvalue weighted by Crippen LogP contribution is -2.18. The standard InChI is InChI=1S/C18H23N3O3S2/c1-4-24-17(23)15-12-6-5-11(2)9-13(12)26-16(15)20-14(22)10-25-18-19-7-8-21(18)3/h7-8,11H,4-6,9-10H2,1-3H3,(H,20,22)/t11-/m0/s1. The molecule has 3 rings (SSSR count). The van der Waals surface area contributed by atoms with E-state index < -0.39 is 0 Å². The molecule has 0 radical (unpaired) electrons. The van der Waals surface area contributed by atoms with E-state index in [1.807, 2.05) is 17.8 Å². The summed E-state index contributed by atoms with van der Waals surface area (Å²) in [6.07, 6.45) is 6.41. The van der Waals surface area contributed by atoms with Gasteiger partial charge in [-0.25, -0.2) is 9.78 Å². The van der Waals surface area contributed by atoms with E-state index in [0.29, 0.717) is 23.1 Å². The zero-order valence-corrected chi connectivity index (χ0v) is 16.8. The zero-order valence-electron chi connectivity index (χ0n) is 15.2. The molecule has 26 heavy (non-hydrogen) atoms. The fraction of sp³-hybridized carbons (Fsp3) is 0.500. The molecular formula is C18H23N3O3S2. The van der Waals surface area contributed by atoms with Crippen molar-refractivity contribution in [1.82, 2.24) is 9.55 Å². The van der Waals surface area contributed by atoms with Crippen molar-refractivity contribution < 1.29 is 14.3 Å². The van der Waals surface area contributed by atoms with Gasteiger partial charge in [-0.3, -0.25) is 4.79 Å². The molecule has 2 heterocycles. The van der Waals surface area contributed by atoms with E-state index >= 15 is 0 Å². The normalized spacial score (nSPS) is 16.2. The van der Waals surface area contributed by atoms with Gasteiger partial charge in [-0.05, 0) is 37.7 Å². The smallest absolute Gasteiger partial charge is 0.341 e. The van der Waals surface area contributed by atoms with Crippen molar-refractivity contribution in [2.24, 2.45) is 13.0 Å². The van der Waals surface area contributed by atoms with Crippen LogP contribution in [0.15, 0.2) is 17.6 Å². The van der Waals surface area contributed by atoms with Gasteiger partial charge in [-0.15, -0.1) is 11.3 Å². The number of imidazole rings is 1. The molecule has 0 saturated heterocycles. The Morgan fingerprint density at radius 3 is 3.00 bits per heavy atom. The van der Waals surface area contributed by atoms with Gasteiger partial charge >= 0.3 is 5.97 Å². The monoisotopic (exact) mass is 393 g/mol. The fourth-order valence-corrected chi connectivity index (χ4v) is 5.19. The third-order valence-corrected chi connectivity index (χ3v) is 6.58. The van der Waals surface area contributed by atoms with Gasteiger partial charge < -0.3 is 14.6 Å².